The van der Waals surface area contributed by atoms with Crippen molar-refractivity contribution in [3.8, 4) is 0 Å². The third-order valence-corrected chi connectivity index (χ3v) is 6.72. The van der Waals surface area contributed by atoms with E-state index in [0.29, 0.717) is 53.9 Å². The highest BCUT2D eigenvalue weighted by Gasteiger charge is 2.25. The zero-order chi connectivity index (χ0) is 30.8. The van der Waals surface area contributed by atoms with Gasteiger partial charge in [-0.1, -0.05) is 19.1 Å². The Morgan fingerprint density at radius 3 is 2.58 bits per heavy atom. The molecule has 1 unspecified atom stereocenters. The lowest BCUT2D eigenvalue weighted by molar-refractivity contribution is -0.125. The fourth-order valence-corrected chi connectivity index (χ4v) is 4.50. The van der Waals surface area contributed by atoms with Crippen molar-refractivity contribution >= 4 is 46.5 Å². The lowest BCUT2D eigenvalue weighted by atomic mass is 10.2. The molecule has 2 aromatic carbocycles. The maximum absolute atomic E-state index is 13.3. The minimum atomic E-state index is -0.508. The number of nitrogens with one attached hydrogen (secondary N) is 4. The van der Waals surface area contributed by atoms with Gasteiger partial charge >= 0.3 is 0 Å². The van der Waals surface area contributed by atoms with Gasteiger partial charge in [0.1, 0.15) is 11.4 Å². The fraction of sp³-hybridized carbons (Fsp3) is 0.323. The zero-order valence-corrected chi connectivity index (χ0v) is 24.8. The maximum atomic E-state index is 13.3. The molecule has 1 saturated heterocycles. The molecule has 0 aliphatic carbocycles. The highest BCUT2D eigenvalue weighted by atomic mass is 16.2. The van der Waals surface area contributed by atoms with Crippen LogP contribution in [0.1, 0.15) is 40.5 Å². The second kappa shape index (κ2) is 14.8. The van der Waals surface area contributed by atoms with Gasteiger partial charge in [-0.15, -0.1) is 0 Å². The molecular weight excluding hydrogens is 546 g/mol. The Morgan fingerprint density at radius 1 is 1.09 bits per heavy atom. The number of hydrogen-bond acceptors (Lipinski definition) is 9. The number of hydrogen-bond donors (Lipinski definition) is 5. The molecule has 6 N–H and O–H groups in total. The number of carbonyl (C=O) groups excluding carboxylic acids is 3. The number of rotatable bonds is 13. The van der Waals surface area contributed by atoms with Gasteiger partial charge in [-0.3, -0.25) is 14.4 Å². The Kier molecular flexibility index (Phi) is 10.6. The summed E-state index contributed by atoms with van der Waals surface area (Å²) in [4.78, 5) is 49.8. The summed E-state index contributed by atoms with van der Waals surface area (Å²) in [6.07, 6.45) is 6.66. The zero-order valence-electron chi connectivity index (χ0n) is 24.8. The van der Waals surface area contributed by atoms with Crippen LogP contribution >= 0.6 is 0 Å². The summed E-state index contributed by atoms with van der Waals surface area (Å²) in [5, 5.41) is 12.7. The van der Waals surface area contributed by atoms with E-state index in [1.54, 1.807) is 30.3 Å². The molecule has 0 bridgehead atoms. The molecule has 0 saturated carbocycles. The smallest absolute Gasteiger partial charge is 0.260 e. The number of anilines is 5. The lowest BCUT2D eigenvalue weighted by Crippen LogP contribution is -2.30. The average Bonchev–Trinajstić information content (AvgIpc) is 3.45. The van der Waals surface area contributed by atoms with Gasteiger partial charge < -0.3 is 36.8 Å². The van der Waals surface area contributed by atoms with Crippen molar-refractivity contribution in [2.75, 3.05) is 61.5 Å². The molecule has 3 amide bonds. The normalized spacial score (nSPS) is 14.6. The summed E-state index contributed by atoms with van der Waals surface area (Å²) in [7, 11) is 3.92. The third-order valence-electron chi connectivity index (χ3n) is 6.72. The highest BCUT2D eigenvalue weighted by molar-refractivity contribution is 6.07. The minimum Gasteiger partial charge on any atom is -0.380 e. The molecule has 4 rings (SSSR count). The van der Waals surface area contributed by atoms with Crippen molar-refractivity contribution in [2.45, 2.75) is 25.8 Å². The number of aromatic nitrogens is 2. The highest BCUT2D eigenvalue weighted by Crippen LogP contribution is 2.23. The van der Waals surface area contributed by atoms with E-state index in [-0.39, 0.29) is 17.9 Å². The predicted octanol–water partition coefficient (Wildman–Crippen LogP) is 3.52. The van der Waals surface area contributed by atoms with E-state index in [9.17, 15) is 14.4 Å². The molecule has 1 fully saturated rings. The monoisotopic (exact) mass is 585 g/mol. The molecular formula is C31H39N9O3. The first-order valence-corrected chi connectivity index (χ1v) is 14.3. The minimum absolute atomic E-state index is 0.0177. The van der Waals surface area contributed by atoms with Crippen molar-refractivity contribution in [2.24, 2.45) is 5.73 Å². The second-order valence-corrected chi connectivity index (χ2v) is 10.6. The van der Waals surface area contributed by atoms with Crippen LogP contribution in [0, 0.1) is 0 Å². The van der Waals surface area contributed by atoms with Crippen LogP contribution in [0.25, 0.3) is 0 Å². The molecule has 1 atom stereocenters. The Labute approximate surface area is 251 Å². The molecule has 1 aliphatic rings. The van der Waals surface area contributed by atoms with E-state index < -0.39 is 5.91 Å². The first-order valence-electron chi connectivity index (χ1n) is 14.3. The molecule has 43 heavy (non-hydrogen) atoms. The predicted molar refractivity (Wildman–Crippen MR) is 170 cm³/mol. The van der Waals surface area contributed by atoms with Gasteiger partial charge in [0.15, 0.2) is 0 Å². The van der Waals surface area contributed by atoms with Crippen molar-refractivity contribution in [1.82, 2.24) is 19.8 Å². The number of benzene rings is 2. The lowest BCUT2D eigenvalue weighted by Gasteiger charge is -2.17. The number of amides is 3. The van der Waals surface area contributed by atoms with Crippen LogP contribution in [0.3, 0.4) is 0 Å². The summed E-state index contributed by atoms with van der Waals surface area (Å²) < 4.78 is 0. The second-order valence-electron chi connectivity index (χ2n) is 10.6. The van der Waals surface area contributed by atoms with Crippen molar-refractivity contribution in [1.29, 1.82) is 0 Å². The van der Waals surface area contributed by atoms with Crippen LogP contribution in [-0.4, -0.2) is 83.8 Å². The maximum Gasteiger partial charge on any atom is 0.260 e. The first kappa shape index (κ1) is 31.0. The van der Waals surface area contributed by atoms with E-state index in [2.05, 4.69) is 31.2 Å². The van der Waals surface area contributed by atoms with Gasteiger partial charge in [0.05, 0.1) is 0 Å². The summed E-state index contributed by atoms with van der Waals surface area (Å²) in [6.45, 7) is 4.66. The molecule has 0 spiro atoms. The van der Waals surface area contributed by atoms with Crippen LogP contribution < -0.4 is 27.0 Å². The van der Waals surface area contributed by atoms with Gasteiger partial charge in [0.25, 0.3) is 5.91 Å². The summed E-state index contributed by atoms with van der Waals surface area (Å²) in [5.41, 5.74) is 8.14. The molecule has 1 aromatic heterocycles. The Morgan fingerprint density at radius 2 is 1.86 bits per heavy atom. The topological polar surface area (TPSA) is 158 Å². The van der Waals surface area contributed by atoms with Crippen molar-refractivity contribution in [3.05, 3.63) is 78.0 Å². The van der Waals surface area contributed by atoms with Gasteiger partial charge in [-0.2, -0.15) is 4.98 Å². The molecule has 1 aliphatic heterocycles. The van der Waals surface area contributed by atoms with E-state index in [4.69, 9.17) is 5.73 Å². The third kappa shape index (κ3) is 9.01. The molecule has 12 nitrogen and oxygen atoms in total. The van der Waals surface area contributed by atoms with Crippen LogP contribution in [-0.2, 0) is 4.79 Å². The molecule has 2 heterocycles. The number of carbonyl (C=O) groups is 3. The first-order chi connectivity index (χ1) is 20.7. The number of likely N-dealkylation sites (tertiary alicyclic amines) is 1. The SMILES string of the molecule is CCCNc1nc(Nc2ccc(C(N)=O)cc2)ncc1C(=O)Nc1cccc(NC2CCN(C(=O)/C=C/CN(C)C)C2)c1. The summed E-state index contributed by atoms with van der Waals surface area (Å²) >= 11 is 0. The van der Waals surface area contributed by atoms with Gasteiger partial charge in [0, 0.05) is 67.1 Å². The standard InChI is InChI=1S/C31H39N9O3/c1-4-15-33-29-26(19-34-31(38-29)37-22-12-10-21(11-13-22)28(32)42)30(43)36-24-8-5-7-23(18-24)35-25-14-17-40(20-25)27(41)9-6-16-39(2)3/h5-13,18-19,25,35H,4,14-17,20H2,1-3H3,(H2,32,42)(H,36,43)(H2,33,34,37,38)/b9-6+. The molecule has 0 radical (unpaired) electrons. The van der Waals surface area contributed by atoms with E-state index in [0.717, 1.165) is 25.1 Å². The van der Waals surface area contributed by atoms with E-state index in [1.807, 2.05) is 61.2 Å². The van der Waals surface area contributed by atoms with E-state index in [1.165, 1.54) is 6.20 Å². The van der Waals surface area contributed by atoms with Gasteiger partial charge in [-0.05, 0) is 69.4 Å². The fourth-order valence-electron chi connectivity index (χ4n) is 4.50. The van der Waals surface area contributed by atoms with Crippen molar-refractivity contribution in [3.63, 3.8) is 0 Å². The van der Waals surface area contributed by atoms with Crippen molar-refractivity contribution < 1.29 is 14.4 Å². The number of nitrogens with two attached hydrogens (primary N) is 1. The van der Waals surface area contributed by atoms with Crippen LogP contribution in [0.5, 0.6) is 0 Å². The average molecular weight is 586 g/mol. The molecule has 3 aromatic rings. The van der Waals surface area contributed by atoms with Crippen LogP contribution in [0.15, 0.2) is 66.9 Å². The van der Waals surface area contributed by atoms with Crippen LogP contribution in [0.4, 0.5) is 28.8 Å². The van der Waals surface area contributed by atoms with E-state index >= 15 is 0 Å². The summed E-state index contributed by atoms with van der Waals surface area (Å²) in [5.74, 6) is -0.147. The largest absolute Gasteiger partial charge is 0.380 e. The molecule has 226 valence electrons. The van der Waals surface area contributed by atoms with Crippen LogP contribution in [0.2, 0.25) is 0 Å². The van der Waals surface area contributed by atoms with Gasteiger partial charge in [-0.25, -0.2) is 4.98 Å². The number of primary amides is 1. The molecule has 12 heteroatoms. The number of likely N-dealkylation sites (N-methyl/N-ethyl adjacent to an activating group) is 1. The Balaban J connectivity index is 1.39. The van der Waals surface area contributed by atoms with Gasteiger partial charge in [0.2, 0.25) is 17.8 Å². The Bertz CT molecular complexity index is 1460. The Hall–Kier alpha value is -4.97. The summed E-state index contributed by atoms with van der Waals surface area (Å²) in [6, 6.07) is 14.2. The number of nitrogens with zero attached hydrogens (tertiary/aromatic N) is 4. The quantitative estimate of drug-likeness (QED) is 0.189.